The highest BCUT2D eigenvalue weighted by molar-refractivity contribution is 7.09. The van der Waals surface area contributed by atoms with E-state index in [0.717, 1.165) is 5.01 Å². The van der Waals surface area contributed by atoms with Crippen LogP contribution < -0.4 is 10.2 Å². The first-order chi connectivity index (χ1) is 10.2. The molecule has 0 aliphatic heterocycles. The maximum Gasteiger partial charge on any atom is 0.323 e. The number of benzene rings is 1. The Bertz CT molecular complexity index is 587. The predicted octanol–water partition coefficient (Wildman–Crippen LogP) is 1.99. The van der Waals surface area contributed by atoms with Crippen LogP contribution in [-0.4, -0.2) is 35.2 Å². The van der Waals surface area contributed by atoms with Crippen molar-refractivity contribution in [2.24, 2.45) is 0 Å². The molecule has 0 aliphatic carbocycles. The number of anilines is 1. The van der Waals surface area contributed by atoms with Gasteiger partial charge in [0.25, 0.3) is 0 Å². The number of carbonyl (C=O) groups is 2. The third kappa shape index (κ3) is 4.57. The summed E-state index contributed by atoms with van der Waals surface area (Å²) in [4.78, 5) is 28.4. The Morgan fingerprint density at radius 1 is 1.29 bits per heavy atom. The zero-order valence-electron chi connectivity index (χ0n) is 11.2. The van der Waals surface area contributed by atoms with E-state index in [1.807, 2.05) is 11.4 Å². The third-order valence-electron chi connectivity index (χ3n) is 2.70. The lowest BCUT2D eigenvalue weighted by molar-refractivity contribution is -0.135. The number of hydrogen-bond acceptors (Lipinski definition) is 4. The lowest BCUT2D eigenvalue weighted by Gasteiger charge is -2.21. The number of thiazole rings is 1. The van der Waals surface area contributed by atoms with Crippen LogP contribution in [0.3, 0.4) is 0 Å². The number of para-hydroxylation sites is 1. The molecule has 0 bridgehead atoms. The molecule has 2 N–H and O–H groups in total. The van der Waals surface area contributed by atoms with E-state index < -0.39 is 12.0 Å². The maximum absolute atomic E-state index is 12.1. The quantitative estimate of drug-likeness (QED) is 0.855. The highest BCUT2D eigenvalue weighted by atomic mass is 32.1. The number of nitrogens with one attached hydrogen (secondary N) is 1. The summed E-state index contributed by atoms with van der Waals surface area (Å²) < 4.78 is 0. The molecular formula is C14H15N3O3S. The molecule has 1 aromatic carbocycles. The number of hydrogen-bond donors (Lipinski definition) is 2. The van der Waals surface area contributed by atoms with Crippen LogP contribution in [0.5, 0.6) is 0 Å². The van der Waals surface area contributed by atoms with E-state index >= 15 is 0 Å². The average Bonchev–Trinajstić information content (AvgIpc) is 2.98. The first kappa shape index (κ1) is 15.0. The van der Waals surface area contributed by atoms with Crippen LogP contribution in [0.2, 0.25) is 0 Å². The Hall–Kier alpha value is -2.41. The zero-order valence-corrected chi connectivity index (χ0v) is 12.0. The summed E-state index contributed by atoms with van der Waals surface area (Å²) in [5.74, 6) is -1.06. The largest absolute Gasteiger partial charge is 0.480 e. The lowest BCUT2D eigenvalue weighted by atomic mass is 10.3. The highest BCUT2D eigenvalue weighted by Gasteiger charge is 2.18. The van der Waals surface area contributed by atoms with Crippen molar-refractivity contribution in [3.63, 3.8) is 0 Å². The van der Waals surface area contributed by atoms with Gasteiger partial charge in [0, 0.05) is 30.2 Å². The Labute approximate surface area is 126 Å². The summed E-state index contributed by atoms with van der Waals surface area (Å²) in [5, 5.41) is 14.5. The summed E-state index contributed by atoms with van der Waals surface area (Å²) in [6, 6.07) is 8.29. The van der Waals surface area contributed by atoms with Crippen molar-refractivity contribution in [1.29, 1.82) is 0 Å². The monoisotopic (exact) mass is 305 g/mol. The number of carbonyl (C=O) groups excluding carboxylic acids is 1. The summed E-state index contributed by atoms with van der Waals surface area (Å²) in [7, 11) is 0. The van der Waals surface area contributed by atoms with E-state index in [1.165, 1.54) is 16.2 Å². The number of carboxylic acids is 1. The third-order valence-corrected chi connectivity index (χ3v) is 3.54. The Morgan fingerprint density at radius 3 is 2.67 bits per heavy atom. The molecule has 0 saturated heterocycles. The minimum absolute atomic E-state index is 0.382. The Kier molecular flexibility index (Phi) is 5.28. The van der Waals surface area contributed by atoms with Gasteiger partial charge in [-0.1, -0.05) is 18.2 Å². The topological polar surface area (TPSA) is 82.5 Å². The molecule has 2 aromatic rings. The van der Waals surface area contributed by atoms with Crippen LogP contribution in [-0.2, 0) is 11.2 Å². The molecule has 6 nitrogen and oxygen atoms in total. The van der Waals surface area contributed by atoms with E-state index in [1.54, 1.807) is 30.5 Å². The van der Waals surface area contributed by atoms with E-state index in [0.29, 0.717) is 18.7 Å². The summed E-state index contributed by atoms with van der Waals surface area (Å²) >= 11 is 1.52. The van der Waals surface area contributed by atoms with E-state index in [-0.39, 0.29) is 6.54 Å². The molecule has 110 valence electrons. The number of urea groups is 1. The second kappa shape index (κ2) is 7.39. The molecule has 1 aromatic heterocycles. The van der Waals surface area contributed by atoms with Gasteiger partial charge < -0.3 is 10.4 Å². The van der Waals surface area contributed by atoms with Gasteiger partial charge in [0.15, 0.2) is 0 Å². The Balaban J connectivity index is 1.96. The van der Waals surface area contributed by atoms with Gasteiger partial charge in [-0.15, -0.1) is 11.3 Å². The van der Waals surface area contributed by atoms with Gasteiger partial charge in [-0.05, 0) is 12.1 Å². The average molecular weight is 305 g/mol. The summed E-state index contributed by atoms with van der Waals surface area (Å²) in [5.41, 5.74) is 0.548. The van der Waals surface area contributed by atoms with E-state index in [2.05, 4.69) is 10.3 Å². The first-order valence-corrected chi connectivity index (χ1v) is 7.25. The lowest BCUT2D eigenvalue weighted by Crippen LogP contribution is -2.43. The minimum atomic E-state index is -1.06. The van der Waals surface area contributed by atoms with Gasteiger partial charge in [0.05, 0.1) is 5.01 Å². The van der Waals surface area contributed by atoms with Crippen molar-refractivity contribution in [3.05, 3.63) is 46.9 Å². The molecule has 0 spiro atoms. The van der Waals surface area contributed by atoms with E-state index in [4.69, 9.17) is 5.11 Å². The second-order valence-corrected chi connectivity index (χ2v) is 5.20. The molecule has 0 saturated carbocycles. The highest BCUT2D eigenvalue weighted by Crippen LogP contribution is 2.13. The molecule has 0 unspecified atom stereocenters. The molecular weight excluding hydrogens is 290 g/mol. The molecule has 7 heteroatoms. The molecule has 0 radical (unpaired) electrons. The number of aromatic nitrogens is 1. The number of amides is 2. The molecule has 2 amide bonds. The van der Waals surface area contributed by atoms with Gasteiger partial charge in [0.1, 0.15) is 6.54 Å². The van der Waals surface area contributed by atoms with Crippen molar-refractivity contribution in [2.75, 3.05) is 18.0 Å². The minimum Gasteiger partial charge on any atom is -0.480 e. The van der Waals surface area contributed by atoms with Crippen LogP contribution in [0.25, 0.3) is 0 Å². The normalized spacial score (nSPS) is 10.1. The fourth-order valence-corrected chi connectivity index (χ4v) is 2.39. The van der Waals surface area contributed by atoms with Crippen LogP contribution in [0.4, 0.5) is 10.5 Å². The van der Waals surface area contributed by atoms with Crippen LogP contribution in [0.15, 0.2) is 41.9 Å². The van der Waals surface area contributed by atoms with Crippen LogP contribution in [0, 0.1) is 0 Å². The number of aliphatic carboxylic acids is 1. The van der Waals surface area contributed by atoms with Gasteiger partial charge >= 0.3 is 12.0 Å². The predicted molar refractivity (Wildman–Crippen MR) is 80.6 cm³/mol. The summed E-state index contributed by atoms with van der Waals surface area (Å²) in [6.07, 6.45) is 2.33. The van der Waals surface area contributed by atoms with Crippen molar-refractivity contribution in [1.82, 2.24) is 10.3 Å². The zero-order chi connectivity index (χ0) is 15.1. The van der Waals surface area contributed by atoms with Crippen LogP contribution in [0.1, 0.15) is 5.01 Å². The van der Waals surface area contributed by atoms with Crippen molar-refractivity contribution in [2.45, 2.75) is 6.42 Å². The number of carboxylic acid groups (broad SMARTS) is 1. The van der Waals surface area contributed by atoms with Crippen molar-refractivity contribution >= 4 is 29.0 Å². The maximum atomic E-state index is 12.1. The first-order valence-electron chi connectivity index (χ1n) is 6.37. The van der Waals surface area contributed by atoms with Crippen molar-refractivity contribution in [3.8, 4) is 0 Å². The molecule has 2 rings (SSSR count). The number of nitrogens with zero attached hydrogens (tertiary/aromatic N) is 2. The smallest absolute Gasteiger partial charge is 0.323 e. The molecule has 0 aliphatic rings. The summed E-state index contributed by atoms with van der Waals surface area (Å²) in [6.45, 7) is 0.0302. The Morgan fingerprint density at radius 2 is 2.05 bits per heavy atom. The van der Waals surface area contributed by atoms with Crippen LogP contribution >= 0.6 is 11.3 Å². The van der Waals surface area contributed by atoms with E-state index in [9.17, 15) is 9.59 Å². The van der Waals surface area contributed by atoms with Crippen molar-refractivity contribution < 1.29 is 14.7 Å². The fraction of sp³-hybridized carbons (Fsp3) is 0.214. The number of rotatable bonds is 6. The molecule has 0 fully saturated rings. The molecule has 0 atom stereocenters. The second-order valence-electron chi connectivity index (χ2n) is 4.22. The molecule has 1 heterocycles. The van der Waals surface area contributed by atoms with Gasteiger partial charge in [-0.25, -0.2) is 9.78 Å². The molecule has 21 heavy (non-hydrogen) atoms. The van der Waals surface area contributed by atoms with Gasteiger partial charge in [-0.3, -0.25) is 9.69 Å². The SMILES string of the molecule is O=C(O)CN(C(=O)NCCc1nccs1)c1ccccc1. The van der Waals surface area contributed by atoms with Gasteiger partial charge in [0.2, 0.25) is 0 Å². The standard InChI is InChI=1S/C14H15N3O3S/c18-13(19)10-17(11-4-2-1-3-5-11)14(20)16-7-6-12-15-8-9-21-12/h1-5,8-9H,6-7,10H2,(H,16,20)(H,18,19). The van der Waals surface area contributed by atoms with Gasteiger partial charge in [-0.2, -0.15) is 0 Å². The fourth-order valence-electron chi connectivity index (χ4n) is 1.77.